The number of thioether (sulfide) groups is 1. The average Bonchev–Trinajstić information content (AvgIpc) is 3.69. The summed E-state index contributed by atoms with van der Waals surface area (Å²) in [6.07, 6.45) is 3.66. The lowest BCUT2D eigenvalue weighted by Gasteiger charge is -2.25. The molecule has 1 aromatic heterocycles. The molecule has 230 valence electrons. The van der Waals surface area contributed by atoms with E-state index in [1.54, 1.807) is 12.1 Å². The van der Waals surface area contributed by atoms with Crippen molar-refractivity contribution in [3.8, 4) is 11.5 Å². The molecular weight excluding hydrogens is 663 g/mol. The molecule has 15 heteroatoms. The van der Waals surface area contributed by atoms with Crippen molar-refractivity contribution in [3.63, 3.8) is 0 Å². The maximum absolute atomic E-state index is 13.7. The Hall–Kier alpha value is -2.13. The predicted molar refractivity (Wildman–Crippen MR) is 163 cm³/mol. The number of nitrogens with two attached hydrogens (primary N) is 1. The molecule has 8 nitrogen and oxygen atoms in total. The fourth-order valence-corrected chi connectivity index (χ4v) is 7.75. The van der Waals surface area contributed by atoms with E-state index in [4.69, 9.17) is 42.6 Å². The smallest absolute Gasteiger partial charge is 0.387 e. The second-order valence-corrected chi connectivity index (χ2v) is 13.7. The number of hydrogen-bond donors (Lipinski definition) is 2. The SMILES string of the molecule is NSc1cccc(SN2CCSC2C(=O)OC(Cc2c(Cl)c[n+](O)cc2Cl)c2ccc(OC(F)F)c(OCC3CC3)c2)c1. The number of alkyl halides is 2. The first kappa shape index (κ1) is 32.3. The molecule has 3 N–H and O–H groups in total. The van der Waals surface area contributed by atoms with Gasteiger partial charge in [0.05, 0.1) is 6.61 Å². The van der Waals surface area contributed by atoms with Gasteiger partial charge in [-0.05, 0) is 78.6 Å². The molecule has 3 aromatic rings. The zero-order valence-corrected chi connectivity index (χ0v) is 26.5. The minimum absolute atomic E-state index is 0.0433. The number of carbonyl (C=O) groups is 1. The van der Waals surface area contributed by atoms with Crippen LogP contribution in [0.3, 0.4) is 0 Å². The van der Waals surface area contributed by atoms with Crippen LogP contribution in [-0.2, 0) is 16.0 Å². The molecule has 0 spiro atoms. The summed E-state index contributed by atoms with van der Waals surface area (Å²) in [6, 6.07) is 12.1. The zero-order chi connectivity index (χ0) is 30.5. The Balaban J connectivity index is 1.42. The molecule has 1 aliphatic carbocycles. The minimum Gasteiger partial charge on any atom is -0.489 e. The lowest BCUT2D eigenvalue weighted by Crippen LogP contribution is -2.32. The van der Waals surface area contributed by atoms with Gasteiger partial charge in [-0.25, -0.2) is 9.10 Å². The Morgan fingerprint density at radius 3 is 2.58 bits per heavy atom. The molecule has 2 fully saturated rings. The zero-order valence-electron chi connectivity index (χ0n) is 22.5. The highest BCUT2D eigenvalue weighted by Gasteiger charge is 2.36. The monoisotopic (exact) mass is 690 g/mol. The second-order valence-electron chi connectivity index (χ2n) is 9.83. The van der Waals surface area contributed by atoms with Crippen molar-refractivity contribution in [3.05, 3.63) is 76.0 Å². The number of aromatic nitrogens is 1. The second kappa shape index (κ2) is 14.8. The van der Waals surface area contributed by atoms with E-state index in [-0.39, 0.29) is 28.0 Å². The maximum Gasteiger partial charge on any atom is 0.387 e. The van der Waals surface area contributed by atoms with Gasteiger partial charge in [0.1, 0.15) is 16.1 Å². The Bertz CT molecular complexity index is 1430. The molecule has 2 aromatic carbocycles. The molecule has 1 saturated carbocycles. The van der Waals surface area contributed by atoms with Crippen LogP contribution < -0.4 is 19.3 Å². The highest BCUT2D eigenvalue weighted by molar-refractivity contribution is 8.03. The topological polar surface area (TPSA) is 98.1 Å². The fraction of sp³-hybridized carbons (Fsp3) is 0.357. The maximum atomic E-state index is 13.7. The highest BCUT2D eigenvalue weighted by Crippen LogP contribution is 2.40. The third-order valence-electron chi connectivity index (χ3n) is 6.66. The van der Waals surface area contributed by atoms with E-state index < -0.39 is 24.1 Å². The van der Waals surface area contributed by atoms with Gasteiger partial charge in [-0.3, -0.25) is 10.3 Å². The number of pyridine rings is 1. The molecule has 43 heavy (non-hydrogen) atoms. The van der Waals surface area contributed by atoms with Gasteiger partial charge >= 0.3 is 12.6 Å². The molecule has 1 aliphatic heterocycles. The summed E-state index contributed by atoms with van der Waals surface area (Å²) in [4.78, 5) is 15.5. The number of esters is 1. The van der Waals surface area contributed by atoms with Crippen LogP contribution in [0.15, 0.2) is 64.6 Å². The number of ether oxygens (including phenoxy) is 3. The molecule has 2 unspecified atom stereocenters. The van der Waals surface area contributed by atoms with Crippen molar-refractivity contribution in [1.29, 1.82) is 0 Å². The average molecular weight is 692 g/mol. The van der Waals surface area contributed by atoms with E-state index >= 15 is 0 Å². The first-order valence-corrected chi connectivity index (χ1v) is 16.7. The van der Waals surface area contributed by atoms with Crippen molar-refractivity contribution in [2.75, 3.05) is 18.9 Å². The first-order valence-electron chi connectivity index (χ1n) is 13.2. The summed E-state index contributed by atoms with van der Waals surface area (Å²) in [7, 11) is 0. The number of hydrogen-bond acceptors (Lipinski definition) is 10. The summed E-state index contributed by atoms with van der Waals surface area (Å²) < 4.78 is 45.6. The first-order chi connectivity index (χ1) is 20.7. The molecule has 0 amide bonds. The van der Waals surface area contributed by atoms with E-state index in [0.29, 0.717) is 35.9 Å². The van der Waals surface area contributed by atoms with Gasteiger partial charge in [0.2, 0.25) is 12.4 Å². The van der Waals surface area contributed by atoms with Crippen molar-refractivity contribution < 1.29 is 37.7 Å². The standard InChI is InChI=1S/C28H28Cl2F2N3O5S3/c29-21-13-34(37)14-22(30)20(21)12-24(17-6-7-23(40-28(31)32)25(10-17)38-15-16-4-5-16)39-27(36)26-35(8-9-41-26)43-19-3-1-2-18(11-19)42-33/h1-3,6-7,10-11,13-14,16,24,26,28,37H,4-5,8-9,12,15,33H2/q+1. The normalized spacial score (nSPS) is 17.7. The molecular formula is C28H28Cl2F2N3O5S3+. The highest BCUT2D eigenvalue weighted by atomic mass is 35.5. The van der Waals surface area contributed by atoms with Crippen LogP contribution in [0.2, 0.25) is 10.0 Å². The predicted octanol–water partition coefficient (Wildman–Crippen LogP) is 6.78. The van der Waals surface area contributed by atoms with Crippen molar-refractivity contribution in [1.82, 2.24) is 4.31 Å². The van der Waals surface area contributed by atoms with Crippen LogP contribution in [0.25, 0.3) is 0 Å². The van der Waals surface area contributed by atoms with Crippen LogP contribution in [0, 0.1) is 5.92 Å². The van der Waals surface area contributed by atoms with Crippen molar-refractivity contribution in [2.45, 2.75) is 47.1 Å². The molecule has 0 bridgehead atoms. The van der Waals surface area contributed by atoms with Gasteiger partial charge in [-0.2, -0.15) is 8.78 Å². The number of benzene rings is 2. The summed E-state index contributed by atoms with van der Waals surface area (Å²) >= 11 is 16.9. The van der Waals surface area contributed by atoms with Gasteiger partial charge in [0, 0.05) is 38.8 Å². The van der Waals surface area contributed by atoms with Gasteiger partial charge in [0.15, 0.2) is 16.9 Å². The third kappa shape index (κ3) is 8.74. The van der Waals surface area contributed by atoms with Gasteiger partial charge < -0.3 is 14.2 Å². The van der Waals surface area contributed by atoms with Crippen molar-refractivity contribution in [2.24, 2.45) is 11.1 Å². The Kier molecular flexibility index (Phi) is 11.1. The van der Waals surface area contributed by atoms with Crippen molar-refractivity contribution >= 4 is 64.8 Å². The van der Waals surface area contributed by atoms with E-state index in [1.165, 1.54) is 42.2 Å². The number of rotatable bonds is 13. The van der Waals surface area contributed by atoms with Gasteiger partial charge in [-0.15, -0.1) is 11.8 Å². The van der Waals surface area contributed by atoms with Gasteiger partial charge in [0.25, 0.3) is 0 Å². The molecule has 1 saturated heterocycles. The summed E-state index contributed by atoms with van der Waals surface area (Å²) in [5, 5.41) is 15.3. The summed E-state index contributed by atoms with van der Waals surface area (Å²) in [6.45, 7) is -2.04. The van der Waals surface area contributed by atoms with Crippen LogP contribution in [0.4, 0.5) is 8.78 Å². The fourth-order valence-electron chi connectivity index (χ4n) is 4.34. The lowest BCUT2D eigenvalue weighted by molar-refractivity contribution is -0.904. The van der Waals surface area contributed by atoms with E-state index in [9.17, 15) is 18.8 Å². The number of halogens is 4. The Labute approximate surface area is 270 Å². The molecule has 0 radical (unpaired) electrons. The van der Waals surface area contributed by atoms with E-state index in [1.807, 2.05) is 28.6 Å². The number of carbonyl (C=O) groups excluding carboxylic acids is 1. The molecule has 5 rings (SSSR count). The Morgan fingerprint density at radius 1 is 1.14 bits per heavy atom. The number of nitrogens with zero attached hydrogens (tertiary/aromatic N) is 2. The summed E-state index contributed by atoms with van der Waals surface area (Å²) in [5.41, 5.74) is 0.907. The minimum atomic E-state index is -3.04. The quantitative estimate of drug-likeness (QED) is 0.0864. The Morgan fingerprint density at radius 2 is 1.88 bits per heavy atom. The molecule has 2 atom stereocenters. The largest absolute Gasteiger partial charge is 0.489 e. The van der Waals surface area contributed by atoms with Crippen LogP contribution in [0.5, 0.6) is 11.5 Å². The van der Waals surface area contributed by atoms with E-state index in [2.05, 4.69) is 0 Å². The van der Waals surface area contributed by atoms with Gasteiger partial charge in [-0.1, -0.05) is 35.3 Å². The molecule has 2 heterocycles. The van der Waals surface area contributed by atoms with E-state index in [0.717, 1.165) is 39.3 Å². The molecule has 2 aliphatic rings. The lowest BCUT2D eigenvalue weighted by atomic mass is 10.0. The van der Waals surface area contributed by atoms with Crippen LogP contribution >= 0.6 is 58.9 Å². The summed E-state index contributed by atoms with van der Waals surface area (Å²) in [5.74, 6) is 0.589. The third-order valence-corrected chi connectivity index (χ3v) is 10.2. The van der Waals surface area contributed by atoms with Crippen LogP contribution in [-0.4, -0.2) is 46.4 Å². The van der Waals surface area contributed by atoms with Crippen LogP contribution in [0.1, 0.15) is 30.1 Å².